The predicted molar refractivity (Wildman–Crippen MR) is 94.4 cm³/mol. The molecule has 0 atom stereocenters. The molecule has 0 aliphatic carbocycles. The van der Waals surface area contributed by atoms with Crippen molar-refractivity contribution in [2.45, 2.75) is 25.8 Å². The summed E-state index contributed by atoms with van der Waals surface area (Å²) in [5, 5.41) is 10.6. The molecule has 0 N–H and O–H groups in total. The fourth-order valence-corrected chi connectivity index (χ4v) is 3.33. The zero-order valence-electron chi connectivity index (χ0n) is 13.0. The van der Waals surface area contributed by atoms with Gasteiger partial charge in [-0.05, 0) is 44.0 Å². The third-order valence-corrected chi connectivity index (χ3v) is 4.49. The number of aliphatic imine (C=N–C) groups is 1. The van der Waals surface area contributed by atoms with Crippen LogP contribution in [0.3, 0.4) is 0 Å². The standard InChI is InChI=1S/C19H16ClN3/c1-19(2)11-14-13(7-5-8-15(14)20)18(21-19)17-10-12-6-3-4-9-16(12)22-23-17/h3-10H,11H2,1-2H3. The van der Waals surface area contributed by atoms with Gasteiger partial charge in [-0.2, -0.15) is 0 Å². The van der Waals surface area contributed by atoms with Crippen LogP contribution in [0.4, 0.5) is 0 Å². The van der Waals surface area contributed by atoms with Gasteiger partial charge < -0.3 is 0 Å². The van der Waals surface area contributed by atoms with Gasteiger partial charge in [0.15, 0.2) is 0 Å². The highest BCUT2D eigenvalue weighted by Gasteiger charge is 2.29. The average molecular weight is 322 g/mol. The van der Waals surface area contributed by atoms with Crippen molar-refractivity contribution in [3.8, 4) is 0 Å². The molecule has 1 aliphatic rings. The second-order valence-electron chi connectivity index (χ2n) is 6.50. The first kappa shape index (κ1) is 14.3. The summed E-state index contributed by atoms with van der Waals surface area (Å²) in [6.45, 7) is 4.24. The number of hydrogen-bond acceptors (Lipinski definition) is 3. The minimum atomic E-state index is -0.208. The van der Waals surface area contributed by atoms with Crippen LogP contribution >= 0.6 is 11.6 Å². The number of nitrogens with zero attached hydrogens (tertiary/aromatic N) is 3. The Morgan fingerprint density at radius 1 is 1.00 bits per heavy atom. The van der Waals surface area contributed by atoms with Gasteiger partial charge in [0.1, 0.15) is 5.69 Å². The second-order valence-corrected chi connectivity index (χ2v) is 6.91. The Morgan fingerprint density at radius 2 is 1.83 bits per heavy atom. The molecule has 0 bridgehead atoms. The fraction of sp³-hybridized carbons (Fsp3) is 0.211. The van der Waals surface area contributed by atoms with Gasteiger partial charge in [0.05, 0.1) is 16.8 Å². The highest BCUT2D eigenvalue weighted by atomic mass is 35.5. The number of benzene rings is 2. The largest absolute Gasteiger partial charge is 0.276 e. The van der Waals surface area contributed by atoms with E-state index < -0.39 is 0 Å². The Kier molecular flexibility index (Phi) is 3.20. The smallest absolute Gasteiger partial charge is 0.112 e. The number of aromatic nitrogens is 2. The highest BCUT2D eigenvalue weighted by Crippen LogP contribution is 2.33. The molecule has 0 unspecified atom stereocenters. The molecule has 4 heteroatoms. The number of rotatable bonds is 1. The van der Waals surface area contributed by atoms with Gasteiger partial charge in [-0.25, -0.2) is 0 Å². The maximum absolute atomic E-state index is 6.43. The van der Waals surface area contributed by atoms with Gasteiger partial charge in [-0.15, -0.1) is 10.2 Å². The number of halogens is 1. The Labute approximate surface area is 140 Å². The Morgan fingerprint density at radius 3 is 2.70 bits per heavy atom. The minimum Gasteiger partial charge on any atom is -0.276 e. The van der Waals surface area contributed by atoms with E-state index in [-0.39, 0.29) is 5.54 Å². The maximum atomic E-state index is 6.43. The van der Waals surface area contributed by atoms with Crippen molar-refractivity contribution in [2.24, 2.45) is 4.99 Å². The molecular weight excluding hydrogens is 306 g/mol. The first-order valence-electron chi connectivity index (χ1n) is 7.64. The molecule has 114 valence electrons. The van der Waals surface area contributed by atoms with E-state index in [0.717, 1.165) is 44.9 Å². The lowest BCUT2D eigenvalue weighted by Crippen LogP contribution is -2.30. The van der Waals surface area contributed by atoms with Crippen LogP contribution < -0.4 is 0 Å². The summed E-state index contributed by atoms with van der Waals surface area (Å²) in [5.74, 6) is 0. The lowest BCUT2D eigenvalue weighted by atomic mass is 9.86. The van der Waals surface area contributed by atoms with Crippen molar-refractivity contribution in [2.75, 3.05) is 0 Å². The molecule has 3 nitrogen and oxygen atoms in total. The van der Waals surface area contributed by atoms with Gasteiger partial charge in [0.25, 0.3) is 0 Å². The number of hydrogen-bond donors (Lipinski definition) is 0. The van der Waals surface area contributed by atoms with Crippen molar-refractivity contribution in [3.63, 3.8) is 0 Å². The van der Waals surface area contributed by atoms with Gasteiger partial charge in [-0.1, -0.05) is 41.9 Å². The van der Waals surface area contributed by atoms with Crippen molar-refractivity contribution in [1.82, 2.24) is 10.2 Å². The highest BCUT2D eigenvalue weighted by molar-refractivity contribution is 6.32. The lowest BCUT2D eigenvalue weighted by molar-refractivity contribution is 0.513. The summed E-state index contributed by atoms with van der Waals surface area (Å²) >= 11 is 6.43. The van der Waals surface area contributed by atoms with Crippen molar-refractivity contribution in [1.29, 1.82) is 0 Å². The van der Waals surface area contributed by atoms with E-state index in [1.807, 2.05) is 42.5 Å². The Balaban J connectivity index is 1.95. The topological polar surface area (TPSA) is 38.1 Å². The molecule has 0 radical (unpaired) electrons. The SMILES string of the molecule is CC1(C)Cc2c(Cl)cccc2C(c2cc3ccccc3nn2)=N1. The molecule has 0 spiro atoms. The average Bonchev–Trinajstić information content (AvgIpc) is 2.54. The van der Waals surface area contributed by atoms with Crippen molar-refractivity contribution in [3.05, 3.63) is 70.4 Å². The Bertz CT molecular complexity index is 944. The van der Waals surface area contributed by atoms with E-state index in [9.17, 15) is 0 Å². The van der Waals surface area contributed by atoms with E-state index in [1.54, 1.807) is 0 Å². The van der Waals surface area contributed by atoms with Crippen LogP contribution in [0.5, 0.6) is 0 Å². The fourth-order valence-electron chi connectivity index (χ4n) is 3.09. The van der Waals surface area contributed by atoms with Gasteiger partial charge in [0, 0.05) is 16.0 Å². The predicted octanol–water partition coefficient (Wildman–Crippen LogP) is 4.46. The van der Waals surface area contributed by atoms with Crippen LogP contribution in [0.2, 0.25) is 5.02 Å². The molecule has 0 amide bonds. The van der Waals surface area contributed by atoms with Crippen LogP contribution in [0.15, 0.2) is 53.5 Å². The molecular formula is C19H16ClN3. The molecule has 2 heterocycles. The van der Waals surface area contributed by atoms with Gasteiger partial charge >= 0.3 is 0 Å². The monoisotopic (exact) mass is 321 g/mol. The van der Waals surface area contributed by atoms with Gasteiger partial charge in [0.2, 0.25) is 0 Å². The molecule has 1 aromatic heterocycles. The molecule has 2 aromatic carbocycles. The van der Waals surface area contributed by atoms with Crippen LogP contribution in [0.1, 0.15) is 30.7 Å². The summed E-state index contributed by atoms with van der Waals surface area (Å²) in [6, 6.07) is 16.0. The summed E-state index contributed by atoms with van der Waals surface area (Å²) in [5.41, 5.74) is 4.54. The van der Waals surface area contributed by atoms with E-state index in [1.165, 1.54) is 0 Å². The van der Waals surface area contributed by atoms with E-state index in [2.05, 4.69) is 30.1 Å². The summed E-state index contributed by atoms with van der Waals surface area (Å²) in [4.78, 5) is 4.93. The quantitative estimate of drug-likeness (QED) is 0.664. The first-order valence-corrected chi connectivity index (χ1v) is 8.02. The van der Waals surface area contributed by atoms with Crippen molar-refractivity contribution < 1.29 is 0 Å². The molecule has 23 heavy (non-hydrogen) atoms. The lowest BCUT2D eigenvalue weighted by Gasteiger charge is -2.29. The summed E-state index contributed by atoms with van der Waals surface area (Å²) < 4.78 is 0. The van der Waals surface area contributed by atoms with E-state index in [0.29, 0.717) is 0 Å². The van der Waals surface area contributed by atoms with E-state index >= 15 is 0 Å². The zero-order valence-corrected chi connectivity index (χ0v) is 13.8. The maximum Gasteiger partial charge on any atom is 0.112 e. The minimum absolute atomic E-state index is 0.208. The molecule has 0 saturated carbocycles. The third-order valence-electron chi connectivity index (χ3n) is 4.13. The molecule has 0 saturated heterocycles. The Hall–Kier alpha value is -2.26. The molecule has 0 fully saturated rings. The van der Waals surface area contributed by atoms with Gasteiger partial charge in [-0.3, -0.25) is 4.99 Å². The van der Waals surface area contributed by atoms with E-state index in [4.69, 9.17) is 16.6 Å². The molecule has 3 aromatic rings. The summed E-state index contributed by atoms with van der Waals surface area (Å²) in [6.07, 6.45) is 0.826. The van der Waals surface area contributed by atoms with Crippen LogP contribution in [-0.2, 0) is 6.42 Å². The normalized spacial score (nSPS) is 16.0. The molecule has 4 rings (SSSR count). The molecule has 1 aliphatic heterocycles. The summed E-state index contributed by atoms with van der Waals surface area (Å²) in [7, 11) is 0. The first-order chi connectivity index (χ1) is 11.0. The van der Waals surface area contributed by atoms with Crippen molar-refractivity contribution >= 4 is 28.2 Å². The van der Waals surface area contributed by atoms with Crippen LogP contribution in [0, 0.1) is 0 Å². The zero-order chi connectivity index (χ0) is 16.0. The second kappa shape index (κ2) is 5.14. The van der Waals surface area contributed by atoms with Crippen LogP contribution in [0.25, 0.3) is 10.9 Å². The van der Waals surface area contributed by atoms with Crippen LogP contribution in [-0.4, -0.2) is 21.4 Å². The number of fused-ring (bicyclic) bond motifs is 2. The third kappa shape index (κ3) is 2.51.